The van der Waals surface area contributed by atoms with E-state index in [4.69, 9.17) is 22.1 Å². The Hall–Kier alpha value is -1.23. The molecular weight excluding hydrogens is 230 g/mol. The number of ether oxygens (including phenoxy) is 1. The standard InChI is InChI=1S/C10H14ClN3O2/c1-2-16-10(15)8-7(11)9(12)14(13-8)6-4-3-5-6/h6H,2-5,12H2,1H3. The van der Waals surface area contributed by atoms with E-state index in [0.717, 1.165) is 19.3 Å². The maximum absolute atomic E-state index is 11.5. The Morgan fingerprint density at radius 2 is 2.38 bits per heavy atom. The average Bonchev–Trinajstić information content (AvgIpc) is 2.44. The first-order valence-electron chi connectivity index (χ1n) is 5.35. The van der Waals surface area contributed by atoms with Crippen molar-refractivity contribution in [2.45, 2.75) is 32.2 Å². The molecule has 0 saturated heterocycles. The van der Waals surface area contributed by atoms with Gasteiger partial charge in [-0.3, -0.25) is 0 Å². The summed E-state index contributed by atoms with van der Waals surface area (Å²) in [6, 6.07) is 0.278. The minimum absolute atomic E-state index is 0.118. The molecule has 0 amide bonds. The number of hydrogen-bond donors (Lipinski definition) is 1. The predicted molar refractivity (Wildman–Crippen MR) is 60.5 cm³/mol. The minimum atomic E-state index is -0.516. The molecule has 1 aromatic rings. The number of nitrogens with zero attached hydrogens (tertiary/aromatic N) is 2. The lowest BCUT2D eigenvalue weighted by Gasteiger charge is -2.26. The molecule has 88 valence electrons. The lowest BCUT2D eigenvalue weighted by molar-refractivity contribution is 0.0517. The van der Waals surface area contributed by atoms with Crippen molar-refractivity contribution in [2.75, 3.05) is 12.3 Å². The van der Waals surface area contributed by atoms with Crippen LogP contribution in [0, 0.1) is 0 Å². The second-order valence-electron chi connectivity index (χ2n) is 3.80. The molecule has 0 aliphatic heterocycles. The smallest absolute Gasteiger partial charge is 0.360 e. The highest BCUT2D eigenvalue weighted by Gasteiger charge is 2.28. The topological polar surface area (TPSA) is 70.1 Å². The lowest BCUT2D eigenvalue weighted by atomic mass is 9.93. The molecule has 0 unspecified atom stereocenters. The van der Waals surface area contributed by atoms with E-state index in [1.54, 1.807) is 11.6 Å². The molecule has 6 heteroatoms. The lowest BCUT2D eigenvalue weighted by Crippen LogP contribution is -2.20. The van der Waals surface area contributed by atoms with Crippen LogP contribution < -0.4 is 5.73 Å². The summed E-state index contributed by atoms with van der Waals surface area (Å²) in [7, 11) is 0. The maximum Gasteiger partial charge on any atom is 0.360 e. The van der Waals surface area contributed by atoms with Gasteiger partial charge in [0.1, 0.15) is 10.8 Å². The van der Waals surface area contributed by atoms with Gasteiger partial charge in [0, 0.05) is 0 Å². The summed E-state index contributed by atoms with van der Waals surface area (Å²) in [6.45, 7) is 2.03. The molecule has 0 spiro atoms. The summed E-state index contributed by atoms with van der Waals surface area (Å²) in [4.78, 5) is 11.5. The number of rotatable bonds is 3. The van der Waals surface area contributed by atoms with E-state index >= 15 is 0 Å². The van der Waals surface area contributed by atoms with Crippen LogP contribution in [0.4, 0.5) is 5.82 Å². The van der Waals surface area contributed by atoms with Gasteiger partial charge in [-0.15, -0.1) is 0 Å². The van der Waals surface area contributed by atoms with Gasteiger partial charge in [-0.05, 0) is 26.2 Å². The first kappa shape index (κ1) is 11.3. The van der Waals surface area contributed by atoms with E-state index in [2.05, 4.69) is 5.10 Å². The molecule has 0 bridgehead atoms. The summed E-state index contributed by atoms with van der Waals surface area (Å²) in [5.74, 6) is -0.160. The number of esters is 1. The van der Waals surface area contributed by atoms with Crippen LogP contribution in [0.5, 0.6) is 0 Å². The van der Waals surface area contributed by atoms with Gasteiger partial charge >= 0.3 is 5.97 Å². The Bertz CT molecular complexity index is 412. The Morgan fingerprint density at radius 3 is 2.88 bits per heavy atom. The molecule has 1 heterocycles. The Balaban J connectivity index is 2.29. The van der Waals surface area contributed by atoms with Crippen molar-refractivity contribution < 1.29 is 9.53 Å². The quantitative estimate of drug-likeness (QED) is 0.825. The van der Waals surface area contributed by atoms with Crippen LogP contribution in [0.2, 0.25) is 5.02 Å². The van der Waals surface area contributed by atoms with Crippen molar-refractivity contribution in [2.24, 2.45) is 0 Å². The summed E-state index contributed by atoms with van der Waals surface area (Å²) < 4.78 is 6.49. The number of nitrogen functional groups attached to an aromatic ring is 1. The molecule has 2 rings (SSSR count). The molecule has 0 aromatic carbocycles. The minimum Gasteiger partial charge on any atom is -0.461 e. The summed E-state index contributed by atoms with van der Waals surface area (Å²) in [5, 5.41) is 4.33. The molecule has 1 aliphatic carbocycles. The highest BCUT2D eigenvalue weighted by molar-refractivity contribution is 6.35. The fourth-order valence-corrected chi connectivity index (χ4v) is 1.87. The van der Waals surface area contributed by atoms with Gasteiger partial charge in [-0.25, -0.2) is 9.48 Å². The fourth-order valence-electron chi connectivity index (χ4n) is 1.67. The summed E-state index contributed by atoms with van der Waals surface area (Å²) in [6.07, 6.45) is 3.23. The molecule has 0 radical (unpaired) electrons. The Kier molecular flexibility index (Phi) is 3.05. The van der Waals surface area contributed by atoms with Gasteiger partial charge < -0.3 is 10.5 Å². The molecule has 1 aliphatic rings. The van der Waals surface area contributed by atoms with Crippen molar-refractivity contribution in [1.82, 2.24) is 9.78 Å². The number of carbonyl (C=O) groups excluding carboxylic acids is 1. The zero-order chi connectivity index (χ0) is 11.7. The Labute approximate surface area is 98.5 Å². The van der Waals surface area contributed by atoms with Gasteiger partial charge in [0.2, 0.25) is 0 Å². The molecule has 1 saturated carbocycles. The molecule has 0 atom stereocenters. The number of anilines is 1. The SMILES string of the molecule is CCOC(=O)c1nn(C2CCC2)c(N)c1Cl. The summed E-state index contributed by atoms with van der Waals surface area (Å²) >= 11 is 5.96. The first-order chi connectivity index (χ1) is 7.65. The van der Waals surface area contributed by atoms with Crippen LogP contribution in [0.1, 0.15) is 42.7 Å². The monoisotopic (exact) mass is 243 g/mol. The van der Waals surface area contributed by atoms with Gasteiger partial charge in [0.15, 0.2) is 5.69 Å². The maximum atomic E-state index is 11.5. The van der Waals surface area contributed by atoms with Crippen molar-refractivity contribution in [3.05, 3.63) is 10.7 Å². The van der Waals surface area contributed by atoms with Crippen molar-refractivity contribution >= 4 is 23.4 Å². The second-order valence-corrected chi connectivity index (χ2v) is 4.18. The van der Waals surface area contributed by atoms with E-state index in [1.807, 2.05) is 0 Å². The third kappa shape index (κ3) is 1.75. The highest BCUT2D eigenvalue weighted by atomic mass is 35.5. The number of hydrogen-bond acceptors (Lipinski definition) is 4. The molecular formula is C10H14ClN3O2. The van der Waals surface area contributed by atoms with E-state index in [0.29, 0.717) is 12.4 Å². The first-order valence-corrected chi connectivity index (χ1v) is 5.73. The van der Waals surface area contributed by atoms with E-state index in [-0.39, 0.29) is 16.8 Å². The van der Waals surface area contributed by atoms with Gasteiger partial charge in [-0.1, -0.05) is 11.6 Å². The molecule has 5 nitrogen and oxygen atoms in total. The number of aromatic nitrogens is 2. The normalized spacial score (nSPS) is 15.9. The average molecular weight is 244 g/mol. The molecule has 2 N–H and O–H groups in total. The largest absolute Gasteiger partial charge is 0.461 e. The van der Waals surface area contributed by atoms with E-state index in [1.165, 1.54) is 0 Å². The second kappa shape index (κ2) is 4.33. The fraction of sp³-hybridized carbons (Fsp3) is 0.600. The van der Waals surface area contributed by atoms with Gasteiger partial charge in [0.25, 0.3) is 0 Å². The van der Waals surface area contributed by atoms with Crippen LogP contribution in [0.15, 0.2) is 0 Å². The number of carbonyl (C=O) groups is 1. The van der Waals surface area contributed by atoms with E-state index < -0.39 is 5.97 Å². The van der Waals surface area contributed by atoms with Crippen LogP contribution in [-0.2, 0) is 4.74 Å². The number of halogens is 1. The Morgan fingerprint density at radius 1 is 1.69 bits per heavy atom. The van der Waals surface area contributed by atoms with Gasteiger partial charge in [-0.2, -0.15) is 5.10 Å². The number of nitrogens with two attached hydrogens (primary N) is 1. The highest BCUT2D eigenvalue weighted by Crippen LogP contribution is 2.36. The van der Waals surface area contributed by atoms with Crippen LogP contribution in [-0.4, -0.2) is 22.4 Å². The van der Waals surface area contributed by atoms with Crippen molar-refractivity contribution in [1.29, 1.82) is 0 Å². The third-order valence-electron chi connectivity index (χ3n) is 2.78. The van der Waals surface area contributed by atoms with Crippen LogP contribution in [0.3, 0.4) is 0 Å². The third-order valence-corrected chi connectivity index (χ3v) is 3.15. The van der Waals surface area contributed by atoms with Crippen molar-refractivity contribution in [3.8, 4) is 0 Å². The van der Waals surface area contributed by atoms with Crippen LogP contribution in [0.25, 0.3) is 0 Å². The zero-order valence-electron chi connectivity index (χ0n) is 9.07. The van der Waals surface area contributed by atoms with Gasteiger partial charge in [0.05, 0.1) is 12.6 Å². The molecule has 1 fully saturated rings. The van der Waals surface area contributed by atoms with Crippen LogP contribution >= 0.6 is 11.6 Å². The van der Waals surface area contributed by atoms with E-state index in [9.17, 15) is 4.79 Å². The predicted octanol–water partition coefficient (Wildman–Crippen LogP) is 2.02. The van der Waals surface area contributed by atoms with Crippen molar-refractivity contribution in [3.63, 3.8) is 0 Å². The zero-order valence-corrected chi connectivity index (χ0v) is 9.83. The molecule has 16 heavy (non-hydrogen) atoms. The molecule has 1 aromatic heterocycles. The summed E-state index contributed by atoms with van der Waals surface area (Å²) in [5.41, 5.74) is 5.93.